The lowest BCUT2D eigenvalue weighted by Crippen LogP contribution is -2.40. The van der Waals surface area contributed by atoms with E-state index >= 15 is 0 Å². The summed E-state index contributed by atoms with van der Waals surface area (Å²) in [4.78, 5) is 0. The van der Waals surface area contributed by atoms with Crippen LogP contribution in [0.3, 0.4) is 0 Å². The molecule has 1 aromatic carbocycles. The Morgan fingerprint density at radius 3 is 2.96 bits per heavy atom. The molecule has 3 atom stereocenters. The maximum Gasteiger partial charge on any atom is 0.231 e. The Hall–Kier alpha value is -2.25. The van der Waals surface area contributed by atoms with Gasteiger partial charge in [-0.1, -0.05) is 0 Å². The van der Waals surface area contributed by atoms with Gasteiger partial charge in [0.15, 0.2) is 11.5 Å². The lowest BCUT2D eigenvalue weighted by Gasteiger charge is -2.23. The van der Waals surface area contributed by atoms with E-state index in [1.165, 1.54) is 0 Å². The quantitative estimate of drug-likeness (QED) is 0.764. The first-order valence-corrected chi connectivity index (χ1v) is 8.06. The van der Waals surface area contributed by atoms with Crippen molar-refractivity contribution in [3.05, 3.63) is 36.7 Å². The number of benzene rings is 1. The highest BCUT2D eigenvalue weighted by Gasteiger charge is 2.17. The lowest BCUT2D eigenvalue weighted by atomic mass is 10.1. The van der Waals surface area contributed by atoms with Crippen LogP contribution in [0.15, 0.2) is 36.7 Å². The molecular weight excluding hydrogens is 310 g/mol. The molecule has 3 rings (SSSR count). The van der Waals surface area contributed by atoms with Gasteiger partial charge in [-0.3, -0.25) is 4.68 Å². The molecular formula is C17H23N3O4. The second kappa shape index (κ2) is 7.55. The summed E-state index contributed by atoms with van der Waals surface area (Å²) < 4.78 is 18.1. The van der Waals surface area contributed by atoms with E-state index in [0.29, 0.717) is 23.8 Å². The van der Waals surface area contributed by atoms with Crippen molar-refractivity contribution in [2.24, 2.45) is 0 Å². The van der Waals surface area contributed by atoms with E-state index in [2.05, 4.69) is 24.3 Å². The van der Waals surface area contributed by atoms with Crippen LogP contribution in [-0.2, 0) is 0 Å². The zero-order valence-electron chi connectivity index (χ0n) is 13.9. The van der Waals surface area contributed by atoms with Crippen LogP contribution in [0, 0.1) is 0 Å². The van der Waals surface area contributed by atoms with Crippen molar-refractivity contribution in [1.29, 1.82) is 0 Å². The van der Waals surface area contributed by atoms with Crippen LogP contribution >= 0.6 is 0 Å². The first-order chi connectivity index (χ1) is 11.6. The molecule has 0 fully saturated rings. The SMILES string of the molecule is C[C@H](NC[C@@H](O)COc1ccc2c(c1)OCO2)[C@@H](C)n1cccn1. The first-order valence-electron chi connectivity index (χ1n) is 8.06. The van der Waals surface area contributed by atoms with Gasteiger partial charge in [0.2, 0.25) is 6.79 Å². The van der Waals surface area contributed by atoms with Gasteiger partial charge in [-0.05, 0) is 32.0 Å². The van der Waals surface area contributed by atoms with Crippen LogP contribution in [-0.4, -0.2) is 47.0 Å². The summed E-state index contributed by atoms with van der Waals surface area (Å²) in [5.41, 5.74) is 0. The number of hydrogen-bond acceptors (Lipinski definition) is 6. The average molecular weight is 333 g/mol. The molecule has 0 unspecified atom stereocenters. The number of aromatic nitrogens is 2. The number of rotatable bonds is 8. The number of aliphatic hydroxyl groups excluding tert-OH is 1. The van der Waals surface area contributed by atoms with Crippen molar-refractivity contribution in [3.63, 3.8) is 0 Å². The summed E-state index contributed by atoms with van der Waals surface area (Å²) in [5, 5.41) is 17.6. The highest BCUT2D eigenvalue weighted by atomic mass is 16.7. The fraction of sp³-hybridized carbons (Fsp3) is 0.471. The van der Waals surface area contributed by atoms with Gasteiger partial charge in [0.25, 0.3) is 0 Å². The van der Waals surface area contributed by atoms with Gasteiger partial charge >= 0.3 is 0 Å². The highest BCUT2D eigenvalue weighted by molar-refractivity contribution is 5.46. The number of aliphatic hydroxyl groups is 1. The molecule has 0 amide bonds. The molecule has 2 heterocycles. The number of nitrogens with one attached hydrogen (secondary N) is 1. The maximum absolute atomic E-state index is 10.1. The Morgan fingerprint density at radius 1 is 1.33 bits per heavy atom. The van der Waals surface area contributed by atoms with Gasteiger partial charge in [0.05, 0.1) is 6.04 Å². The molecule has 7 nitrogen and oxygen atoms in total. The van der Waals surface area contributed by atoms with E-state index in [0.717, 1.165) is 0 Å². The molecule has 1 aliphatic heterocycles. The van der Waals surface area contributed by atoms with Crippen molar-refractivity contribution in [2.75, 3.05) is 19.9 Å². The molecule has 0 aliphatic carbocycles. The predicted molar refractivity (Wildman–Crippen MR) is 88.5 cm³/mol. The summed E-state index contributed by atoms with van der Waals surface area (Å²) >= 11 is 0. The van der Waals surface area contributed by atoms with E-state index in [4.69, 9.17) is 14.2 Å². The van der Waals surface area contributed by atoms with Crippen molar-refractivity contribution in [2.45, 2.75) is 32.0 Å². The molecule has 130 valence electrons. The molecule has 1 aromatic heterocycles. The Morgan fingerprint density at radius 2 is 2.17 bits per heavy atom. The van der Waals surface area contributed by atoms with E-state index in [9.17, 15) is 5.11 Å². The van der Waals surface area contributed by atoms with Crippen molar-refractivity contribution < 1.29 is 19.3 Å². The molecule has 2 aromatic rings. The van der Waals surface area contributed by atoms with Crippen molar-refractivity contribution in [1.82, 2.24) is 15.1 Å². The predicted octanol–water partition coefficient (Wildman–Crippen LogP) is 1.59. The summed E-state index contributed by atoms with van der Waals surface area (Å²) in [5.74, 6) is 2.03. The third kappa shape index (κ3) is 3.98. The fourth-order valence-corrected chi connectivity index (χ4v) is 2.46. The summed E-state index contributed by atoms with van der Waals surface area (Å²) in [6.45, 7) is 5.03. The number of fused-ring (bicyclic) bond motifs is 1. The third-order valence-electron chi connectivity index (χ3n) is 4.13. The van der Waals surface area contributed by atoms with Crippen molar-refractivity contribution in [3.8, 4) is 17.2 Å². The van der Waals surface area contributed by atoms with Crippen LogP contribution in [0.25, 0.3) is 0 Å². The largest absolute Gasteiger partial charge is 0.491 e. The summed E-state index contributed by atoms with van der Waals surface area (Å²) in [6.07, 6.45) is 3.09. The Balaban J connectivity index is 1.42. The van der Waals surface area contributed by atoms with E-state index in [-0.39, 0.29) is 25.5 Å². The van der Waals surface area contributed by atoms with Crippen LogP contribution in [0.1, 0.15) is 19.9 Å². The zero-order chi connectivity index (χ0) is 16.9. The second-order valence-corrected chi connectivity index (χ2v) is 5.90. The number of hydrogen-bond donors (Lipinski definition) is 2. The molecule has 0 saturated carbocycles. The van der Waals surface area contributed by atoms with Crippen LogP contribution in [0.5, 0.6) is 17.2 Å². The van der Waals surface area contributed by atoms with Gasteiger partial charge in [0.1, 0.15) is 18.5 Å². The number of nitrogens with zero attached hydrogens (tertiary/aromatic N) is 2. The summed E-state index contributed by atoms with van der Waals surface area (Å²) in [6, 6.07) is 7.64. The topological polar surface area (TPSA) is 77.8 Å². The smallest absolute Gasteiger partial charge is 0.231 e. The fourth-order valence-electron chi connectivity index (χ4n) is 2.46. The normalized spacial score (nSPS) is 16.6. The molecule has 0 saturated heterocycles. The average Bonchev–Trinajstić information content (AvgIpc) is 3.27. The van der Waals surface area contributed by atoms with Crippen LogP contribution in [0.2, 0.25) is 0 Å². The monoisotopic (exact) mass is 333 g/mol. The van der Waals surface area contributed by atoms with Gasteiger partial charge in [-0.15, -0.1) is 0 Å². The van der Waals surface area contributed by atoms with Crippen LogP contribution in [0.4, 0.5) is 0 Å². The maximum atomic E-state index is 10.1. The van der Waals surface area contributed by atoms with E-state index < -0.39 is 6.10 Å². The van der Waals surface area contributed by atoms with E-state index in [1.807, 2.05) is 16.9 Å². The minimum absolute atomic E-state index is 0.171. The van der Waals surface area contributed by atoms with Gasteiger partial charge in [-0.2, -0.15) is 5.10 Å². The molecule has 2 N–H and O–H groups in total. The molecule has 1 aliphatic rings. The minimum atomic E-state index is -0.609. The minimum Gasteiger partial charge on any atom is -0.491 e. The lowest BCUT2D eigenvalue weighted by molar-refractivity contribution is 0.102. The van der Waals surface area contributed by atoms with Crippen molar-refractivity contribution >= 4 is 0 Å². The highest BCUT2D eigenvalue weighted by Crippen LogP contribution is 2.35. The number of ether oxygens (including phenoxy) is 3. The molecule has 0 radical (unpaired) electrons. The van der Waals surface area contributed by atoms with Crippen LogP contribution < -0.4 is 19.5 Å². The van der Waals surface area contributed by atoms with Gasteiger partial charge < -0.3 is 24.6 Å². The molecule has 0 spiro atoms. The Kier molecular flexibility index (Phi) is 5.22. The summed E-state index contributed by atoms with van der Waals surface area (Å²) in [7, 11) is 0. The first kappa shape index (κ1) is 16.6. The molecule has 7 heteroatoms. The molecule has 24 heavy (non-hydrogen) atoms. The Bertz CT molecular complexity index is 647. The standard InChI is InChI=1S/C17H23N3O4/c1-12(13(2)20-7-3-6-19-20)18-9-14(21)10-22-15-4-5-16-17(8-15)24-11-23-16/h3-8,12-14,18,21H,9-11H2,1-2H3/t12-,13+,14+/m0/s1. The second-order valence-electron chi connectivity index (χ2n) is 5.90. The van der Waals surface area contributed by atoms with Gasteiger partial charge in [-0.25, -0.2) is 0 Å². The zero-order valence-corrected chi connectivity index (χ0v) is 13.9. The van der Waals surface area contributed by atoms with E-state index in [1.54, 1.807) is 24.4 Å². The third-order valence-corrected chi connectivity index (χ3v) is 4.13. The molecule has 0 bridgehead atoms. The Labute approximate surface area is 141 Å². The van der Waals surface area contributed by atoms with Gasteiger partial charge in [0, 0.05) is 31.0 Å².